The Bertz CT molecular complexity index is 288. The van der Waals surface area contributed by atoms with Crippen molar-refractivity contribution in [1.29, 1.82) is 0 Å². The Morgan fingerprint density at radius 3 is 3.00 bits per heavy atom. The van der Waals surface area contributed by atoms with Crippen LogP contribution in [0.5, 0.6) is 0 Å². The number of aromatic nitrogens is 1. The molecule has 64 valence electrons. The second-order valence-corrected chi connectivity index (χ2v) is 2.81. The molecule has 0 radical (unpaired) electrons. The zero-order chi connectivity index (χ0) is 8.97. The summed E-state index contributed by atoms with van der Waals surface area (Å²) in [4.78, 5) is 10.5. The molecule has 1 aromatic heterocycles. The van der Waals surface area contributed by atoms with Crippen LogP contribution in [-0.4, -0.2) is 16.8 Å². The van der Waals surface area contributed by atoms with Gasteiger partial charge in [0.1, 0.15) is 5.56 Å². The number of rotatable bonds is 3. The summed E-state index contributed by atoms with van der Waals surface area (Å²) in [7, 11) is 0. The van der Waals surface area contributed by atoms with Crippen LogP contribution < -0.4 is 4.57 Å². The third kappa shape index (κ3) is 2.23. The number of thiol groups is 1. The molecule has 0 bridgehead atoms. The van der Waals surface area contributed by atoms with Crippen LogP contribution in [0.15, 0.2) is 24.5 Å². The van der Waals surface area contributed by atoms with Gasteiger partial charge < -0.3 is 5.11 Å². The van der Waals surface area contributed by atoms with Crippen LogP contribution in [0.3, 0.4) is 0 Å². The molecule has 1 N–H and O–H groups in total. The number of aromatic carboxylic acids is 1. The summed E-state index contributed by atoms with van der Waals surface area (Å²) in [5.74, 6) is -0.197. The summed E-state index contributed by atoms with van der Waals surface area (Å²) in [5, 5.41) is 8.65. The number of carboxylic acids is 1. The van der Waals surface area contributed by atoms with Crippen LogP contribution in [0, 0.1) is 0 Å². The lowest BCUT2D eigenvalue weighted by Crippen LogP contribution is -2.34. The first-order valence-corrected chi connectivity index (χ1v) is 4.20. The molecule has 0 saturated heterocycles. The molecule has 0 aromatic carbocycles. The van der Waals surface area contributed by atoms with E-state index in [-0.39, 0.29) is 0 Å². The van der Waals surface area contributed by atoms with Crippen LogP contribution in [-0.2, 0) is 6.54 Å². The van der Waals surface area contributed by atoms with Crippen molar-refractivity contribution in [2.45, 2.75) is 6.54 Å². The van der Waals surface area contributed by atoms with E-state index in [0.29, 0.717) is 11.3 Å². The number of pyridine rings is 1. The molecule has 1 aromatic rings. The van der Waals surface area contributed by atoms with E-state index in [1.807, 2.05) is 6.20 Å². The van der Waals surface area contributed by atoms with Gasteiger partial charge in [-0.2, -0.15) is 12.6 Å². The lowest BCUT2D eigenvalue weighted by atomic mass is 10.3. The molecule has 12 heavy (non-hydrogen) atoms. The molecule has 0 unspecified atom stereocenters. The third-order valence-corrected chi connectivity index (χ3v) is 1.66. The second kappa shape index (κ2) is 4.11. The summed E-state index contributed by atoms with van der Waals surface area (Å²) in [6.45, 7) is 0.726. The summed E-state index contributed by atoms with van der Waals surface area (Å²) >= 11 is 4.05. The quantitative estimate of drug-likeness (QED) is 0.533. The number of nitrogens with zero attached hydrogens (tertiary/aromatic N) is 1. The molecule has 0 fully saturated rings. The minimum Gasteiger partial charge on any atom is -0.477 e. The van der Waals surface area contributed by atoms with Gasteiger partial charge in [-0.3, -0.25) is 0 Å². The summed E-state index contributed by atoms with van der Waals surface area (Å²) in [5.41, 5.74) is 0.305. The molecule has 0 spiro atoms. The highest BCUT2D eigenvalue weighted by Gasteiger charge is 2.07. The molecule has 3 nitrogen and oxygen atoms in total. The Balaban J connectivity index is 2.88. The summed E-state index contributed by atoms with van der Waals surface area (Å²) in [6, 6.07) is 3.28. The van der Waals surface area contributed by atoms with Crippen molar-refractivity contribution in [2.24, 2.45) is 0 Å². The number of carbonyl (C=O) groups is 1. The Morgan fingerprint density at radius 1 is 1.67 bits per heavy atom. The fraction of sp³-hybridized carbons (Fsp3) is 0.250. The highest BCUT2D eigenvalue weighted by Crippen LogP contribution is 1.93. The summed E-state index contributed by atoms with van der Waals surface area (Å²) in [6.07, 6.45) is 3.42. The molecule has 1 heterocycles. The molecule has 0 aliphatic heterocycles. The fourth-order valence-corrected chi connectivity index (χ4v) is 1.13. The zero-order valence-electron chi connectivity index (χ0n) is 6.47. The van der Waals surface area contributed by atoms with Gasteiger partial charge in [0.05, 0.1) is 0 Å². The van der Waals surface area contributed by atoms with Crippen molar-refractivity contribution in [3.05, 3.63) is 30.1 Å². The molecule has 0 aliphatic rings. The minimum atomic E-state index is -0.900. The van der Waals surface area contributed by atoms with Crippen molar-refractivity contribution in [1.82, 2.24) is 0 Å². The number of hydrogen-bond donors (Lipinski definition) is 2. The van der Waals surface area contributed by atoms with Gasteiger partial charge in [-0.15, -0.1) is 0 Å². The van der Waals surface area contributed by atoms with Gasteiger partial charge in [-0.1, -0.05) is 0 Å². The third-order valence-electron chi connectivity index (χ3n) is 1.46. The summed E-state index contributed by atoms with van der Waals surface area (Å²) < 4.78 is 1.80. The maximum Gasteiger partial charge on any atom is 0.341 e. The zero-order valence-corrected chi connectivity index (χ0v) is 7.37. The van der Waals surface area contributed by atoms with Crippen molar-refractivity contribution >= 4 is 18.6 Å². The van der Waals surface area contributed by atoms with Crippen LogP contribution in [0.1, 0.15) is 10.4 Å². The van der Waals surface area contributed by atoms with Crippen LogP contribution in [0.4, 0.5) is 0 Å². The molecular formula is C8H10NO2S+. The van der Waals surface area contributed by atoms with Crippen molar-refractivity contribution < 1.29 is 14.5 Å². The predicted molar refractivity (Wildman–Crippen MR) is 47.4 cm³/mol. The average molecular weight is 184 g/mol. The topological polar surface area (TPSA) is 41.2 Å². The Morgan fingerprint density at radius 2 is 2.42 bits per heavy atom. The number of carboxylic acid groups (broad SMARTS) is 1. The molecule has 0 amide bonds. The van der Waals surface area contributed by atoms with Crippen LogP contribution in [0.2, 0.25) is 0 Å². The average Bonchev–Trinajstić information content (AvgIpc) is 2.05. The highest BCUT2D eigenvalue weighted by molar-refractivity contribution is 7.80. The normalized spacial score (nSPS) is 9.75. The Kier molecular flexibility index (Phi) is 3.10. The first-order chi connectivity index (χ1) is 5.74. The van der Waals surface area contributed by atoms with E-state index in [0.717, 1.165) is 6.54 Å². The van der Waals surface area contributed by atoms with E-state index in [9.17, 15) is 4.79 Å². The molecule has 0 saturated carbocycles. The van der Waals surface area contributed by atoms with E-state index in [1.54, 1.807) is 22.9 Å². The minimum absolute atomic E-state index is 0.305. The Labute approximate surface area is 76.1 Å². The number of aryl methyl sites for hydroxylation is 1. The first kappa shape index (κ1) is 9.06. The van der Waals surface area contributed by atoms with Gasteiger partial charge >= 0.3 is 5.97 Å². The predicted octanol–water partition coefficient (Wildman–Crippen LogP) is 0.602. The highest BCUT2D eigenvalue weighted by atomic mass is 32.1. The maximum absolute atomic E-state index is 10.5. The van der Waals surface area contributed by atoms with E-state index in [1.165, 1.54) is 0 Å². The van der Waals surface area contributed by atoms with E-state index < -0.39 is 5.97 Å². The molecule has 0 aliphatic carbocycles. The van der Waals surface area contributed by atoms with Gasteiger partial charge in [0.25, 0.3) is 0 Å². The van der Waals surface area contributed by atoms with Gasteiger partial charge in [0, 0.05) is 11.8 Å². The molecule has 4 heteroatoms. The van der Waals surface area contributed by atoms with Crippen LogP contribution in [0.25, 0.3) is 0 Å². The fourth-order valence-electron chi connectivity index (χ4n) is 0.903. The van der Waals surface area contributed by atoms with Crippen LogP contribution >= 0.6 is 12.6 Å². The van der Waals surface area contributed by atoms with E-state index >= 15 is 0 Å². The molecular weight excluding hydrogens is 174 g/mol. The molecule has 0 atom stereocenters. The smallest absolute Gasteiger partial charge is 0.341 e. The SMILES string of the molecule is O=C(O)c1ccc[n+](CCS)c1. The van der Waals surface area contributed by atoms with Crippen molar-refractivity contribution in [3.8, 4) is 0 Å². The van der Waals surface area contributed by atoms with Gasteiger partial charge in [-0.25, -0.2) is 9.36 Å². The van der Waals surface area contributed by atoms with Gasteiger partial charge in [-0.05, 0) is 6.07 Å². The standard InChI is InChI=1S/C8H9NO2S/c10-8(11)7-2-1-3-9(6-7)4-5-12/h1-3,6H,4-5H2,(H-,10,11,12)/p+1. The molecule has 1 rings (SSSR count). The lowest BCUT2D eigenvalue weighted by Gasteiger charge is -1.94. The number of hydrogen-bond acceptors (Lipinski definition) is 2. The Hall–Kier alpha value is -1.03. The maximum atomic E-state index is 10.5. The van der Waals surface area contributed by atoms with Crippen molar-refractivity contribution in [2.75, 3.05) is 5.75 Å². The monoisotopic (exact) mass is 184 g/mol. The second-order valence-electron chi connectivity index (χ2n) is 2.36. The van der Waals surface area contributed by atoms with E-state index in [4.69, 9.17) is 5.11 Å². The van der Waals surface area contributed by atoms with Gasteiger partial charge in [0.2, 0.25) is 0 Å². The first-order valence-electron chi connectivity index (χ1n) is 3.57. The van der Waals surface area contributed by atoms with E-state index in [2.05, 4.69) is 12.6 Å². The largest absolute Gasteiger partial charge is 0.477 e. The van der Waals surface area contributed by atoms with Crippen molar-refractivity contribution in [3.63, 3.8) is 0 Å². The van der Waals surface area contributed by atoms with Gasteiger partial charge in [0.15, 0.2) is 18.9 Å². The lowest BCUT2D eigenvalue weighted by molar-refractivity contribution is -0.692.